The first-order valence-corrected chi connectivity index (χ1v) is 14.0. The second-order valence-electron chi connectivity index (χ2n) is 9.77. The van der Waals surface area contributed by atoms with Gasteiger partial charge in [0.05, 0.1) is 22.2 Å². The number of allylic oxidation sites excluding steroid dienone is 1. The van der Waals surface area contributed by atoms with Crippen LogP contribution in [0.3, 0.4) is 0 Å². The van der Waals surface area contributed by atoms with E-state index in [0.717, 1.165) is 78.8 Å². The highest BCUT2D eigenvalue weighted by atomic mass is 35.5. The van der Waals surface area contributed by atoms with Crippen molar-refractivity contribution >= 4 is 50.7 Å². The number of aliphatic imine (C=N–C) groups is 1. The molecule has 1 N–H and O–H groups in total. The van der Waals surface area contributed by atoms with E-state index in [0.29, 0.717) is 18.3 Å². The lowest BCUT2D eigenvalue weighted by Gasteiger charge is -2.37. The van der Waals surface area contributed by atoms with Crippen molar-refractivity contribution in [1.82, 2.24) is 10.2 Å². The molecule has 2 aromatic carbocycles. The average molecular weight is 558 g/mol. The highest BCUT2D eigenvalue weighted by molar-refractivity contribution is 7.21. The number of carbonyl (C=O) groups excluding carboxylic acids is 1. The van der Waals surface area contributed by atoms with Crippen molar-refractivity contribution < 1.29 is 18.3 Å². The molecule has 2 heterocycles. The molecule has 200 valence electrons. The number of nitrogens with zero attached hydrogens (tertiary/aromatic N) is 2. The molecule has 9 heteroatoms. The van der Waals surface area contributed by atoms with Gasteiger partial charge in [-0.05, 0) is 92.3 Å². The van der Waals surface area contributed by atoms with Crippen molar-refractivity contribution in [3.05, 3.63) is 69.1 Å². The van der Waals surface area contributed by atoms with Crippen LogP contribution < -0.4 is 10.1 Å². The molecule has 38 heavy (non-hydrogen) atoms. The van der Waals surface area contributed by atoms with Gasteiger partial charge in [0, 0.05) is 31.4 Å². The molecule has 1 fully saturated rings. The van der Waals surface area contributed by atoms with Gasteiger partial charge in [-0.3, -0.25) is 9.79 Å². The van der Waals surface area contributed by atoms with E-state index in [1.165, 1.54) is 0 Å². The maximum Gasteiger partial charge on any atom is 0.266 e. The Labute approximate surface area is 230 Å². The summed E-state index contributed by atoms with van der Waals surface area (Å²) in [6.07, 6.45) is 8.16. The molecule has 5 nitrogen and oxygen atoms in total. The number of thiophene rings is 1. The first-order chi connectivity index (χ1) is 18.4. The molecule has 1 aliphatic carbocycles. The van der Waals surface area contributed by atoms with Crippen molar-refractivity contribution in [2.45, 2.75) is 50.7 Å². The predicted molar refractivity (Wildman–Crippen MR) is 151 cm³/mol. The SMILES string of the molecule is CN[C@H]1CC[C@H](N(Cc2cc(OC)cc(C3=CC=NCC3)c2)C(=O)c2sc3c(F)ccc(F)c3c2Cl)CC1. The number of rotatable bonds is 7. The van der Waals surface area contributed by atoms with Crippen molar-refractivity contribution in [2.75, 3.05) is 20.7 Å². The zero-order valence-electron chi connectivity index (χ0n) is 21.4. The van der Waals surface area contributed by atoms with Crippen LogP contribution in [0.15, 0.2) is 41.4 Å². The Morgan fingerprint density at radius 1 is 1.18 bits per heavy atom. The molecular formula is C29H30ClF2N3O2S. The van der Waals surface area contributed by atoms with Crippen LogP contribution in [0.4, 0.5) is 8.78 Å². The summed E-state index contributed by atoms with van der Waals surface area (Å²) in [5.74, 6) is -0.827. The summed E-state index contributed by atoms with van der Waals surface area (Å²) in [6.45, 7) is 1.06. The fourth-order valence-electron chi connectivity index (χ4n) is 5.39. The standard InChI is InChI=1S/C29H30ClF2N3O2S/c1-33-20-3-5-21(6-4-20)35(29(36)28-26(30)25-23(31)7-8-24(32)27(25)38-28)16-17-13-19(15-22(14-17)37-2)18-9-11-34-12-10-18/h7-9,11,13-15,20-21,33H,3-6,10,12,16H2,1-2H3/t20-,21-. The first kappa shape index (κ1) is 26.8. The summed E-state index contributed by atoms with van der Waals surface area (Å²) in [5, 5.41) is 3.27. The Hall–Kier alpha value is -2.81. The van der Waals surface area contributed by atoms with E-state index in [1.807, 2.05) is 36.4 Å². The summed E-state index contributed by atoms with van der Waals surface area (Å²) in [5.41, 5.74) is 3.10. The van der Waals surface area contributed by atoms with Crippen molar-refractivity contribution in [2.24, 2.45) is 4.99 Å². The maximum atomic E-state index is 14.6. The first-order valence-electron chi connectivity index (χ1n) is 12.8. The predicted octanol–water partition coefficient (Wildman–Crippen LogP) is 6.87. The third-order valence-electron chi connectivity index (χ3n) is 7.50. The number of hydrogen-bond acceptors (Lipinski definition) is 5. The number of dihydropyridines is 1. The summed E-state index contributed by atoms with van der Waals surface area (Å²) < 4.78 is 34.8. The molecular weight excluding hydrogens is 528 g/mol. The van der Waals surface area contributed by atoms with Crippen molar-refractivity contribution in [3.8, 4) is 5.75 Å². The molecule has 0 spiro atoms. The number of carbonyl (C=O) groups is 1. The Morgan fingerprint density at radius 3 is 2.61 bits per heavy atom. The molecule has 0 unspecified atom stereocenters. The molecule has 2 aliphatic rings. The van der Waals surface area contributed by atoms with E-state index >= 15 is 0 Å². The van der Waals surface area contributed by atoms with Gasteiger partial charge >= 0.3 is 0 Å². The van der Waals surface area contributed by atoms with Crippen LogP contribution in [0.25, 0.3) is 15.7 Å². The van der Waals surface area contributed by atoms with Gasteiger partial charge in [-0.2, -0.15) is 0 Å². The van der Waals surface area contributed by atoms with Crippen LogP contribution in [-0.4, -0.2) is 49.8 Å². The fourth-order valence-corrected chi connectivity index (χ4v) is 6.89. The molecule has 5 rings (SSSR count). The van der Waals surface area contributed by atoms with Gasteiger partial charge in [0.1, 0.15) is 22.3 Å². The Kier molecular flexibility index (Phi) is 8.12. The molecule has 0 radical (unpaired) electrons. The quantitative estimate of drug-likeness (QED) is 0.345. The average Bonchev–Trinajstić information content (AvgIpc) is 3.32. The van der Waals surface area contributed by atoms with Crippen LogP contribution in [0.2, 0.25) is 5.02 Å². The summed E-state index contributed by atoms with van der Waals surface area (Å²) >= 11 is 7.46. The van der Waals surface area contributed by atoms with Crippen molar-refractivity contribution in [3.63, 3.8) is 0 Å². The lowest BCUT2D eigenvalue weighted by Crippen LogP contribution is -2.44. The maximum absolute atomic E-state index is 14.6. The summed E-state index contributed by atoms with van der Waals surface area (Å²) in [4.78, 5) is 20.4. The van der Waals surface area contributed by atoms with Gasteiger partial charge in [0.15, 0.2) is 0 Å². The number of methoxy groups -OCH3 is 1. The van der Waals surface area contributed by atoms with E-state index < -0.39 is 11.6 Å². The topological polar surface area (TPSA) is 53.9 Å². The minimum atomic E-state index is -0.635. The second kappa shape index (κ2) is 11.5. The summed E-state index contributed by atoms with van der Waals surface area (Å²) in [6, 6.07) is 8.50. The van der Waals surface area contributed by atoms with Crippen LogP contribution in [0, 0.1) is 11.6 Å². The van der Waals surface area contributed by atoms with Gasteiger partial charge in [-0.1, -0.05) is 11.6 Å². The molecule has 1 saturated carbocycles. The minimum absolute atomic E-state index is 0.0288. The number of nitrogens with one attached hydrogen (secondary N) is 1. The van der Waals surface area contributed by atoms with Gasteiger partial charge in [0.25, 0.3) is 5.91 Å². The lowest BCUT2D eigenvalue weighted by molar-refractivity contribution is 0.0606. The molecule has 3 aromatic rings. The number of benzene rings is 2. The number of ether oxygens (including phenoxy) is 1. The number of fused-ring (bicyclic) bond motifs is 1. The van der Waals surface area contributed by atoms with E-state index in [9.17, 15) is 13.6 Å². The third-order valence-corrected chi connectivity index (χ3v) is 9.18. The normalized spacial score (nSPS) is 19.4. The van der Waals surface area contributed by atoms with Crippen LogP contribution >= 0.6 is 22.9 Å². The highest BCUT2D eigenvalue weighted by Crippen LogP contribution is 2.40. The van der Waals surface area contributed by atoms with E-state index in [2.05, 4.69) is 16.4 Å². The van der Waals surface area contributed by atoms with Crippen LogP contribution in [0.1, 0.15) is 52.9 Å². The van der Waals surface area contributed by atoms with E-state index in [-0.39, 0.29) is 31.9 Å². The second-order valence-corrected chi connectivity index (χ2v) is 11.2. The summed E-state index contributed by atoms with van der Waals surface area (Å²) in [7, 11) is 3.58. The van der Waals surface area contributed by atoms with Gasteiger partial charge in [-0.15, -0.1) is 11.3 Å². The third kappa shape index (κ3) is 5.35. The molecule has 1 aliphatic heterocycles. The van der Waals surface area contributed by atoms with Crippen LogP contribution in [0.5, 0.6) is 5.75 Å². The Bertz CT molecular complexity index is 1410. The lowest BCUT2D eigenvalue weighted by atomic mass is 9.89. The fraction of sp³-hybridized carbons (Fsp3) is 0.379. The monoisotopic (exact) mass is 557 g/mol. The van der Waals surface area contributed by atoms with Crippen LogP contribution in [-0.2, 0) is 6.54 Å². The number of amides is 1. The van der Waals surface area contributed by atoms with Gasteiger partial charge in [0.2, 0.25) is 0 Å². The van der Waals surface area contributed by atoms with E-state index in [4.69, 9.17) is 16.3 Å². The largest absolute Gasteiger partial charge is 0.497 e. The molecule has 1 amide bonds. The number of hydrogen-bond donors (Lipinski definition) is 1. The van der Waals surface area contributed by atoms with Gasteiger partial charge in [-0.25, -0.2) is 8.78 Å². The zero-order valence-corrected chi connectivity index (χ0v) is 23.0. The minimum Gasteiger partial charge on any atom is -0.497 e. The highest BCUT2D eigenvalue weighted by Gasteiger charge is 2.32. The molecule has 1 aromatic heterocycles. The molecule has 0 atom stereocenters. The number of halogens is 3. The molecule has 0 bridgehead atoms. The Morgan fingerprint density at radius 2 is 1.95 bits per heavy atom. The van der Waals surface area contributed by atoms with Gasteiger partial charge < -0.3 is 15.0 Å². The smallest absolute Gasteiger partial charge is 0.266 e. The molecule has 0 saturated heterocycles. The van der Waals surface area contributed by atoms with Crippen molar-refractivity contribution in [1.29, 1.82) is 0 Å². The zero-order chi connectivity index (χ0) is 26.8. The Balaban J connectivity index is 1.54. The van der Waals surface area contributed by atoms with E-state index in [1.54, 1.807) is 7.11 Å².